The molecule has 0 saturated heterocycles. The summed E-state index contributed by atoms with van der Waals surface area (Å²) in [5.41, 5.74) is 0. The second-order valence-corrected chi connectivity index (χ2v) is 3.50. The predicted molar refractivity (Wildman–Crippen MR) is 47.3 cm³/mol. The van der Waals surface area contributed by atoms with Gasteiger partial charge in [0.2, 0.25) is 0 Å². The Kier molecular flexibility index (Phi) is 3.15. The number of aromatic nitrogens is 2. The molecule has 0 aliphatic heterocycles. The maximum absolute atomic E-state index is 3.05. The molecule has 0 unspecified atom stereocenters. The second-order valence-electron chi connectivity index (χ2n) is 2.74. The molecule has 0 atom stereocenters. The summed E-state index contributed by atoms with van der Waals surface area (Å²) in [6.07, 6.45) is 6.69. The number of aryl methyl sites for hydroxylation is 2. The van der Waals surface area contributed by atoms with Crippen LogP contribution in [0.5, 0.6) is 0 Å². The zero-order chi connectivity index (χ0) is 8.27. The Morgan fingerprint density at radius 2 is 2.18 bits per heavy atom. The van der Waals surface area contributed by atoms with Gasteiger partial charge in [0.05, 0.1) is 0 Å². The van der Waals surface area contributed by atoms with Gasteiger partial charge in [0, 0.05) is 0 Å². The molecule has 0 aliphatic rings. The molecule has 1 aromatic rings. The van der Waals surface area contributed by atoms with Gasteiger partial charge in [0.1, 0.15) is 0 Å². The minimum atomic E-state index is 1.12. The molecule has 3 heteroatoms. The number of rotatable bonds is 3. The molecule has 62 valence electrons. The first-order valence-corrected chi connectivity index (χ1v) is 4.83. The van der Waals surface area contributed by atoms with Gasteiger partial charge in [-0.3, -0.25) is 0 Å². The van der Waals surface area contributed by atoms with Crippen LogP contribution in [-0.4, -0.2) is 24.7 Å². The van der Waals surface area contributed by atoms with Crippen molar-refractivity contribution in [2.24, 2.45) is 7.05 Å². The monoisotopic (exact) mass is 218 g/mol. The van der Waals surface area contributed by atoms with Crippen molar-refractivity contribution in [2.75, 3.05) is 0 Å². The van der Waals surface area contributed by atoms with E-state index in [1.165, 1.54) is 17.2 Å². The maximum atomic E-state index is 3.05. The fraction of sp³-hybridized carbons (Fsp3) is 0.625. The van der Waals surface area contributed by atoms with Crippen LogP contribution in [0.1, 0.15) is 19.8 Å². The SMILES string of the molecule is CCCCn1ccn(C)c1=[Se]. The van der Waals surface area contributed by atoms with E-state index < -0.39 is 0 Å². The molecule has 0 saturated carbocycles. The van der Waals surface area contributed by atoms with Crippen LogP contribution in [-0.2, 0) is 13.6 Å². The summed E-state index contributed by atoms with van der Waals surface area (Å²) in [5, 5.41) is 0. The number of unbranched alkanes of at least 4 members (excludes halogenated alkanes) is 1. The Morgan fingerprint density at radius 1 is 1.45 bits per heavy atom. The molecule has 2 nitrogen and oxygen atoms in total. The van der Waals surface area contributed by atoms with Crippen molar-refractivity contribution in [2.45, 2.75) is 26.3 Å². The zero-order valence-electron chi connectivity index (χ0n) is 7.08. The molecular formula is C8H14N2Se. The summed E-state index contributed by atoms with van der Waals surface area (Å²) < 4.78 is 5.54. The third-order valence-corrected chi connectivity index (χ3v) is 2.87. The van der Waals surface area contributed by atoms with Gasteiger partial charge in [-0.05, 0) is 0 Å². The molecule has 0 bridgehead atoms. The van der Waals surface area contributed by atoms with Gasteiger partial charge < -0.3 is 0 Å². The number of nitrogens with zero attached hydrogens (tertiary/aromatic N) is 2. The van der Waals surface area contributed by atoms with Crippen LogP contribution in [0.15, 0.2) is 12.4 Å². The fourth-order valence-corrected chi connectivity index (χ4v) is 1.46. The van der Waals surface area contributed by atoms with E-state index in [9.17, 15) is 0 Å². The van der Waals surface area contributed by atoms with Crippen LogP contribution in [0.2, 0.25) is 0 Å². The molecule has 0 aromatic carbocycles. The molecule has 1 aromatic heterocycles. The molecule has 0 spiro atoms. The second kappa shape index (κ2) is 3.93. The molecule has 0 amide bonds. The van der Waals surface area contributed by atoms with Crippen LogP contribution < -0.4 is 0 Å². The van der Waals surface area contributed by atoms with Crippen molar-refractivity contribution < 1.29 is 0 Å². The summed E-state index contributed by atoms with van der Waals surface area (Å²) in [5.74, 6) is 0. The molecular weight excluding hydrogens is 203 g/mol. The molecule has 11 heavy (non-hydrogen) atoms. The Balaban J connectivity index is 2.71. The van der Waals surface area contributed by atoms with E-state index in [1.807, 2.05) is 7.05 Å². The van der Waals surface area contributed by atoms with E-state index in [-0.39, 0.29) is 0 Å². The van der Waals surface area contributed by atoms with E-state index in [4.69, 9.17) is 0 Å². The third-order valence-electron chi connectivity index (χ3n) is 1.77. The van der Waals surface area contributed by atoms with Gasteiger partial charge in [-0.25, -0.2) is 0 Å². The molecule has 1 heterocycles. The van der Waals surface area contributed by atoms with E-state index in [0.717, 1.165) is 6.54 Å². The Morgan fingerprint density at radius 3 is 2.64 bits per heavy atom. The molecule has 0 radical (unpaired) electrons. The average molecular weight is 217 g/mol. The van der Waals surface area contributed by atoms with Gasteiger partial charge >= 0.3 is 74.8 Å². The van der Waals surface area contributed by atoms with Crippen molar-refractivity contribution in [3.63, 3.8) is 0 Å². The number of hydrogen-bond acceptors (Lipinski definition) is 0. The Bertz CT molecular complexity index is 272. The first kappa shape index (κ1) is 8.82. The van der Waals surface area contributed by atoms with Crippen LogP contribution in [0.3, 0.4) is 0 Å². The first-order chi connectivity index (χ1) is 5.25. The van der Waals surface area contributed by atoms with E-state index in [2.05, 4.69) is 44.0 Å². The quantitative estimate of drug-likeness (QED) is 0.676. The Labute approximate surface area is 75.2 Å². The summed E-state index contributed by atoms with van der Waals surface area (Å²) in [4.78, 5) is 0. The van der Waals surface area contributed by atoms with Crippen molar-refractivity contribution in [3.05, 3.63) is 16.7 Å². The zero-order valence-corrected chi connectivity index (χ0v) is 8.79. The summed E-state index contributed by atoms with van der Waals surface area (Å²) in [6, 6.07) is 0. The van der Waals surface area contributed by atoms with Crippen LogP contribution in [0.4, 0.5) is 0 Å². The minimum absolute atomic E-state index is 1.12. The van der Waals surface area contributed by atoms with Crippen LogP contribution in [0, 0.1) is 4.32 Å². The molecule has 0 fully saturated rings. The number of imidazole rings is 1. The molecule has 0 N–H and O–H groups in total. The fourth-order valence-electron chi connectivity index (χ4n) is 1.01. The van der Waals surface area contributed by atoms with E-state index >= 15 is 0 Å². The van der Waals surface area contributed by atoms with Crippen molar-refractivity contribution >= 4 is 15.6 Å². The van der Waals surface area contributed by atoms with Crippen LogP contribution in [0.25, 0.3) is 0 Å². The standard InChI is InChI=1S/C8H14N2Se/c1-3-4-5-10-7-6-9(2)8(10)11/h6-7H,3-5H2,1-2H3. The Hall–Kier alpha value is -0.271. The van der Waals surface area contributed by atoms with E-state index in [0.29, 0.717) is 0 Å². The first-order valence-electron chi connectivity index (χ1n) is 3.97. The molecule has 0 aliphatic carbocycles. The van der Waals surface area contributed by atoms with Gasteiger partial charge in [0.15, 0.2) is 0 Å². The molecule has 1 rings (SSSR count). The van der Waals surface area contributed by atoms with Crippen LogP contribution >= 0.6 is 0 Å². The van der Waals surface area contributed by atoms with Crippen molar-refractivity contribution in [1.82, 2.24) is 9.13 Å². The van der Waals surface area contributed by atoms with E-state index in [1.54, 1.807) is 0 Å². The average Bonchev–Trinajstić information content (AvgIpc) is 2.31. The normalized spacial score (nSPS) is 10.4. The van der Waals surface area contributed by atoms with Gasteiger partial charge in [-0.1, -0.05) is 0 Å². The summed E-state index contributed by atoms with van der Waals surface area (Å²) in [7, 11) is 2.05. The topological polar surface area (TPSA) is 9.86 Å². The predicted octanol–water partition coefficient (Wildman–Crippen LogP) is 1.33. The van der Waals surface area contributed by atoms with Gasteiger partial charge in [0.25, 0.3) is 0 Å². The third kappa shape index (κ3) is 2.08. The summed E-state index contributed by atoms with van der Waals surface area (Å²) >= 11 is 3.05. The van der Waals surface area contributed by atoms with Gasteiger partial charge in [-0.2, -0.15) is 0 Å². The van der Waals surface area contributed by atoms with Crippen molar-refractivity contribution in [1.29, 1.82) is 0 Å². The summed E-state index contributed by atoms with van der Waals surface area (Å²) in [6.45, 7) is 3.34. The van der Waals surface area contributed by atoms with Gasteiger partial charge in [-0.15, -0.1) is 0 Å². The number of hydrogen-bond donors (Lipinski definition) is 0. The van der Waals surface area contributed by atoms with Crippen molar-refractivity contribution in [3.8, 4) is 0 Å².